The third-order valence-corrected chi connectivity index (χ3v) is 6.67. The Kier molecular flexibility index (Phi) is 4.07. The molecule has 0 spiro atoms. The van der Waals surface area contributed by atoms with Gasteiger partial charge in [-0.25, -0.2) is 4.98 Å². The summed E-state index contributed by atoms with van der Waals surface area (Å²) < 4.78 is 0. The van der Waals surface area contributed by atoms with Crippen LogP contribution in [0.1, 0.15) is 43.6 Å². The monoisotopic (exact) mass is 398 g/mol. The van der Waals surface area contributed by atoms with Crippen LogP contribution in [0.2, 0.25) is 0 Å². The molecule has 0 aliphatic heterocycles. The van der Waals surface area contributed by atoms with Gasteiger partial charge in [0, 0.05) is 22.8 Å². The first kappa shape index (κ1) is 17.8. The highest BCUT2D eigenvalue weighted by molar-refractivity contribution is 7.20. The van der Waals surface area contributed by atoms with Crippen molar-refractivity contribution in [3.05, 3.63) is 81.9 Å². The highest BCUT2D eigenvalue weighted by Gasteiger charge is 2.20. The van der Waals surface area contributed by atoms with E-state index >= 15 is 0 Å². The zero-order chi connectivity index (χ0) is 20.1. The Morgan fingerprint density at radius 1 is 1.03 bits per heavy atom. The van der Waals surface area contributed by atoms with Gasteiger partial charge in [-0.15, -0.1) is 11.3 Å². The van der Waals surface area contributed by atoms with Crippen molar-refractivity contribution in [3.63, 3.8) is 0 Å². The van der Waals surface area contributed by atoms with Gasteiger partial charge >= 0.3 is 0 Å². The normalized spacial score (nSPS) is 11.9. The van der Waals surface area contributed by atoms with Crippen molar-refractivity contribution >= 4 is 38.9 Å². The molecule has 0 fully saturated rings. The smallest absolute Gasteiger partial charge is 0.266 e. The molecule has 0 radical (unpaired) electrons. The van der Waals surface area contributed by atoms with E-state index in [9.17, 15) is 9.59 Å². The number of hydrogen-bond acceptors (Lipinski definition) is 4. The summed E-state index contributed by atoms with van der Waals surface area (Å²) in [4.78, 5) is 30.3. The lowest BCUT2D eigenvalue weighted by molar-refractivity contribution is 0.101. The number of carbonyl (C=O) groups is 2. The Morgan fingerprint density at radius 2 is 1.83 bits per heavy atom. The van der Waals surface area contributed by atoms with Crippen LogP contribution < -0.4 is 5.32 Å². The summed E-state index contributed by atoms with van der Waals surface area (Å²) >= 11 is 1.35. The van der Waals surface area contributed by atoms with E-state index in [1.165, 1.54) is 40.5 Å². The number of nitrogens with zero attached hydrogens (tertiary/aromatic N) is 1. The largest absolute Gasteiger partial charge is 0.321 e. The number of pyridine rings is 1. The van der Waals surface area contributed by atoms with Gasteiger partial charge in [0.15, 0.2) is 5.78 Å². The number of anilines is 1. The summed E-state index contributed by atoms with van der Waals surface area (Å²) in [5.74, 6) is -0.180. The van der Waals surface area contributed by atoms with Gasteiger partial charge in [0.05, 0.1) is 4.88 Å². The second kappa shape index (κ2) is 6.64. The Balaban J connectivity index is 1.45. The molecule has 4 aromatic rings. The van der Waals surface area contributed by atoms with Crippen LogP contribution in [0.4, 0.5) is 5.69 Å². The number of ketones is 1. The van der Waals surface area contributed by atoms with E-state index < -0.39 is 0 Å². The van der Waals surface area contributed by atoms with Crippen LogP contribution in [0, 0.1) is 6.92 Å². The number of amides is 1. The zero-order valence-corrected chi connectivity index (χ0v) is 16.9. The molecule has 0 bridgehead atoms. The van der Waals surface area contributed by atoms with Crippen molar-refractivity contribution in [2.45, 2.75) is 20.3 Å². The summed E-state index contributed by atoms with van der Waals surface area (Å²) in [6.07, 6.45) is 2.45. The van der Waals surface area contributed by atoms with Gasteiger partial charge in [-0.2, -0.15) is 0 Å². The number of thiophene rings is 1. The van der Waals surface area contributed by atoms with Crippen LogP contribution in [-0.2, 0) is 6.42 Å². The lowest BCUT2D eigenvalue weighted by Crippen LogP contribution is -2.11. The number of benzene rings is 2. The third kappa shape index (κ3) is 2.95. The second-order valence-electron chi connectivity index (χ2n) is 7.35. The van der Waals surface area contributed by atoms with Gasteiger partial charge in [0.25, 0.3) is 5.91 Å². The number of rotatable bonds is 3. The Hall–Kier alpha value is -3.31. The minimum Gasteiger partial charge on any atom is -0.321 e. The first-order chi connectivity index (χ1) is 14.0. The van der Waals surface area contributed by atoms with Crippen molar-refractivity contribution < 1.29 is 9.59 Å². The maximum atomic E-state index is 12.9. The number of nitrogens with one attached hydrogen (secondary N) is 1. The fraction of sp³-hybridized carbons (Fsp3) is 0.125. The summed E-state index contributed by atoms with van der Waals surface area (Å²) in [7, 11) is 0. The Labute approximate surface area is 172 Å². The highest BCUT2D eigenvalue weighted by Crippen LogP contribution is 2.38. The van der Waals surface area contributed by atoms with E-state index in [-0.39, 0.29) is 11.7 Å². The molecule has 29 heavy (non-hydrogen) atoms. The molecule has 1 aliphatic rings. The Bertz CT molecular complexity index is 1320. The number of hydrogen-bond donors (Lipinski definition) is 1. The summed E-state index contributed by atoms with van der Waals surface area (Å²) in [5.41, 5.74) is 7.25. The van der Waals surface area contributed by atoms with E-state index in [0.29, 0.717) is 10.4 Å². The van der Waals surface area contributed by atoms with Crippen LogP contribution in [0.5, 0.6) is 0 Å². The zero-order valence-electron chi connectivity index (χ0n) is 16.1. The summed E-state index contributed by atoms with van der Waals surface area (Å²) in [6.45, 7) is 3.42. The third-order valence-electron chi connectivity index (χ3n) is 5.46. The van der Waals surface area contributed by atoms with Gasteiger partial charge < -0.3 is 5.32 Å². The second-order valence-corrected chi connectivity index (χ2v) is 8.35. The van der Waals surface area contributed by atoms with Crippen LogP contribution in [0.25, 0.3) is 21.3 Å². The molecular weight excluding hydrogens is 380 g/mol. The molecule has 1 amide bonds. The molecule has 0 saturated carbocycles. The van der Waals surface area contributed by atoms with Crippen molar-refractivity contribution in [1.29, 1.82) is 0 Å². The van der Waals surface area contributed by atoms with E-state index in [4.69, 9.17) is 0 Å². The SMILES string of the molecule is CC(=O)c1cnc2sc(C(=O)Nc3ccc4c(c3)Cc3ccccc3-4)c(C)c2c1. The maximum absolute atomic E-state index is 12.9. The van der Waals surface area contributed by atoms with Gasteiger partial charge in [0.1, 0.15) is 4.83 Å². The van der Waals surface area contributed by atoms with Crippen molar-refractivity contribution in [1.82, 2.24) is 4.98 Å². The van der Waals surface area contributed by atoms with E-state index in [2.05, 4.69) is 46.7 Å². The quantitative estimate of drug-likeness (QED) is 0.401. The number of aromatic nitrogens is 1. The first-order valence-corrected chi connectivity index (χ1v) is 10.3. The minimum absolute atomic E-state index is 0.0323. The number of carbonyl (C=O) groups excluding carboxylic acids is 2. The van der Waals surface area contributed by atoms with E-state index in [1.807, 2.05) is 19.1 Å². The molecule has 0 atom stereocenters. The average molecular weight is 398 g/mol. The van der Waals surface area contributed by atoms with Crippen LogP contribution >= 0.6 is 11.3 Å². The van der Waals surface area contributed by atoms with Gasteiger partial charge in [-0.3, -0.25) is 9.59 Å². The van der Waals surface area contributed by atoms with Crippen LogP contribution in [-0.4, -0.2) is 16.7 Å². The number of Topliss-reactive ketones (excluding diaryl/α,β-unsaturated/α-hetero) is 1. The van der Waals surface area contributed by atoms with Crippen molar-refractivity contribution in [3.8, 4) is 11.1 Å². The molecule has 0 unspecified atom stereocenters. The number of fused-ring (bicyclic) bond motifs is 4. The molecule has 5 rings (SSSR count). The molecule has 0 saturated heterocycles. The van der Waals surface area contributed by atoms with E-state index in [0.717, 1.165) is 27.9 Å². The van der Waals surface area contributed by atoms with Gasteiger partial charge in [-0.05, 0) is 66.3 Å². The average Bonchev–Trinajstić information content (AvgIpc) is 3.25. The summed E-state index contributed by atoms with van der Waals surface area (Å²) in [5, 5.41) is 3.89. The van der Waals surface area contributed by atoms with Gasteiger partial charge in [0.2, 0.25) is 0 Å². The molecule has 2 aromatic heterocycles. The Morgan fingerprint density at radius 3 is 2.66 bits per heavy atom. The molecule has 5 heteroatoms. The predicted octanol–water partition coefficient (Wildman–Crippen LogP) is 5.63. The standard InChI is InChI=1S/C24H18N2O2S/c1-13-21-11-17(14(2)27)12-25-24(21)29-22(13)23(28)26-18-7-8-20-16(10-18)9-15-5-3-4-6-19(15)20/h3-8,10-12H,9H2,1-2H3,(H,26,28). The molecule has 1 N–H and O–H groups in total. The first-order valence-electron chi connectivity index (χ1n) is 9.44. The van der Waals surface area contributed by atoms with E-state index in [1.54, 1.807) is 6.20 Å². The molecule has 4 nitrogen and oxygen atoms in total. The summed E-state index contributed by atoms with van der Waals surface area (Å²) in [6, 6.07) is 16.3. The number of aryl methyl sites for hydroxylation is 1. The molecular formula is C24H18N2O2S. The lowest BCUT2D eigenvalue weighted by atomic mass is 10.1. The van der Waals surface area contributed by atoms with Crippen LogP contribution in [0.3, 0.4) is 0 Å². The molecule has 2 heterocycles. The maximum Gasteiger partial charge on any atom is 0.266 e. The van der Waals surface area contributed by atoms with Crippen molar-refractivity contribution in [2.75, 3.05) is 5.32 Å². The molecule has 1 aliphatic carbocycles. The highest BCUT2D eigenvalue weighted by atomic mass is 32.1. The predicted molar refractivity (Wildman–Crippen MR) is 117 cm³/mol. The van der Waals surface area contributed by atoms with Crippen molar-refractivity contribution in [2.24, 2.45) is 0 Å². The minimum atomic E-state index is -0.148. The fourth-order valence-electron chi connectivity index (χ4n) is 3.92. The topological polar surface area (TPSA) is 59.1 Å². The molecule has 2 aromatic carbocycles. The van der Waals surface area contributed by atoms with Crippen LogP contribution in [0.15, 0.2) is 54.7 Å². The lowest BCUT2D eigenvalue weighted by Gasteiger charge is -2.07. The fourth-order valence-corrected chi connectivity index (χ4v) is 4.95. The molecule has 142 valence electrons. The van der Waals surface area contributed by atoms with Gasteiger partial charge in [-0.1, -0.05) is 30.3 Å².